The zero-order chi connectivity index (χ0) is 19.2. The van der Waals surface area contributed by atoms with Crippen molar-refractivity contribution in [1.82, 2.24) is 20.2 Å². The highest BCUT2D eigenvalue weighted by molar-refractivity contribution is 8.00. The number of carbonyl (C=O) groups excluding carboxylic acids is 2. The fourth-order valence-corrected chi connectivity index (χ4v) is 3.13. The van der Waals surface area contributed by atoms with Gasteiger partial charge in [-0.1, -0.05) is 17.8 Å². The number of tetrazole rings is 1. The van der Waals surface area contributed by atoms with E-state index < -0.39 is 5.97 Å². The van der Waals surface area contributed by atoms with Crippen LogP contribution in [0.1, 0.15) is 32.7 Å². The second kappa shape index (κ2) is 8.85. The number of rotatable bonds is 9. The second-order valence-electron chi connectivity index (χ2n) is 6.01. The summed E-state index contributed by atoms with van der Waals surface area (Å²) in [5.41, 5.74) is 0.579. The molecule has 1 fully saturated rings. The van der Waals surface area contributed by atoms with E-state index >= 15 is 0 Å². The van der Waals surface area contributed by atoms with E-state index in [2.05, 4.69) is 20.8 Å². The molecule has 3 rings (SSSR count). The lowest BCUT2D eigenvalue weighted by atomic mass is 10.3. The topological polar surface area (TPSA) is 108 Å². The lowest BCUT2D eigenvalue weighted by Gasteiger charge is -2.12. The van der Waals surface area contributed by atoms with Gasteiger partial charge in [0.1, 0.15) is 5.75 Å². The Kier molecular flexibility index (Phi) is 6.28. The number of aromatic nitrogens is 4. The van der Waals surface area contributed by atoms with Crippen LogP contribution in [0.15, 0.2) is 29.4 Å². The largest absolute Gasteiger partial charge is 0.482 e. The minimum Gasteiger partial charge on any atom is -0.482 e. The van der Waals surface area contributed by atoms with E-state index in [1.165, 1.54) is 11.8 Å². The molecule has 144 valence electrons. The zero-order valence-electron chi connectivity index (χ0n) is 15.1. The third-order valence-corrected chi connectivity index (χ3v) is 4.82. The number of ether oxygens (including phenoxy) is 2. The van der Waals surface area contributed by atoms with Crippen molar-refractivity contribution in [3.05, 3.63) is 24.3 Å². The molecule has 27 heavy (non-hydrogen) atoms. The molecule has 0 aliphatic heterocycles. The van der Waals surface area contributed by atoms with Gasteiger partial charge < -0.3 is 14.8 Å². The first-order valence-electron chi connectivity index (χ1n) is 8.70. The van der Waals surface area contributed by atoms with Crippen LogP contribution in [-0.4, -0.2) is 50.5 Å². The van der Waals surface area contributed by atoms with Crippen LogP contribution in [0.2, 0.25) is 0 Å². The third kappa shape index (κ3) is 5.43. The van der Waals surface area contributed by atoms with Gasteiger partial charge in [-0.05, 0) is 49.2 Å². The SMILES string of the molecule is CCOC(=O)COc1cccc(NC(=O)C(C)Sc2nnnn2C2CC2)c1. The van der Waals surface area contributed by atoms with Crippen LogP contribution in [0, 0.1) is 0 Å². The number of amides is 1. The Morgan fingerprint density at radius 1 is 1.41 bits per heavy atom. The van der Waals surface area contributed by atoms with Crippen LogP contribution < -0.4 is 10.1 Å². The molecule has 0 saturated heterocycles. The number of hydrogen-bond donors (Lipinski definition) is 1. The van der Waals surface area contributed by atoms with Crippen LogP contribution in [0.3, 0.4) is 0 Å². The molecule has 1 aliphatic carbocycles. The molecule has 9 nitrogen and oxygen atoms in total. The number of esters is 1. The van der Waals surface area contributed by atoms with Gasteiger partial charge in [-0.2, -0.15) is 0 Å². The molecule has 0 radical (unpaired) electrons. The zero-order valence-corrected chi connectivity index (χ0v) is 15.9. The average molecular weight is 391 g/mol. The quantitative estimate of drug-likeness (QED) is 0.511. The lowest BCUT2D eigenvalue weighted by molar-refractivity contribution is -0.145. The Labute approximate surface area is 160 Å². The van der Waals surface area contributed by atoms with Crippen LogP contribution in [0.25, 0.3) is 0 Å². The predicted molar refractivity (Wildman–Crippen MR) is 98.6 cm³/mol. The molecule has 0 spiro atoms. The van der Waals surface area contributed by atoms with Gasteiger partial charge in [0.05, 0.1) is 17.9 Å². The van der Waals surface area contributed by atoms with Crippen LogP contribution in [0.4, 0.5) is 5.69 Å². The van der Waals surface area contributed by atoms with Crippen molar-refractivity contribution in [3.63, 3.8) is 0 Å². The van der Waals surface area contributed by atoms with E-state index in [4.69, 9.17) is 9.47 Å². The molecule has 1 aromatic heterocycles. The Morgan fingerprint density at radius 3 is 2.96 bits per heavy atom. The Bertz CT molecular complexity index is 808. The number of hydrogen-bond acceptors (Lipinski definition) is 8. The molecule has 1 unspecified atom stereocenters. The van der Waals surface area contributed by atoms with Crippen molar-refractivity contribution in [3.8, 4) is 5.75 Å². The maximum Gasteiger partial charge on any atom is 0.344 e. The molecule has 2 aromatic rings. The van der Waals surface area contributed by atoms with Gasteiger partial charge in [-0.25, -0.2) is 9.48 Å². The molecule has 0 bridgehead atoms. The Morgan fingerprint density at radius 2 is 2.22 bits per heavy atom. The molecular weight excluding hydrogens is 370 g/mol. The maximum atomic E-state index is 12.5. The van der Waals surface area contributed by atoms with Gasteiger partial charge >= 0.3 is 5.97 Å². The van der Waals surface area contributed by atoms with Gasteiger partial charge in [0.15, 0.2) is 6.61 Å². The van der Waals surface area contributed by atoms with Gasteiger partial charge in [0.2, 0.25) is 11.1 Å². The lowest BCUT2D eigenvalue weighted by Crippen LogP contribution is -2.23. The third-order valence-electron chi connectivity index (χ3n) is 3.77. The number of thioether (sulfide) groups is 1. The van der Waals surface area contributed by atoms with Crippen molar-refractivity contribution in [2.45, 2.75) is 43.1 Å². The van der Waals surface area contributed by atoms with Crippen LogP contribution in [0.5, 0.6) is 5.75 Å². The molecule has 10 heteroatoms. The number of nitrogens with one attached hydrogen (secondary N) is 1. The molecule has 1 heterocycles. The molecule has 1 atom stereocenters. The van der Waals surface area contributed by atoms with E-state index in [0.717, 1.165) is 12.8 Å². The summed E-state index contributed by atoms with van der Waals surface area (Å²) < 4.78 is 12.0. The van der Waals surface area contributed by atoms with Crippen molar-refractivity contribution in [2.75, 3.05) is 18.5 Å². The summed E-state index contributed by atoms with van der Waals surface area (Å²) >= 11 is 1.32. The summed E-state index contributed by atoms with van der Waals surface area (Å²) in [7, 11) is 0. The highest BCUT2D eigenvalue weighted by atomic mass is 32.2. The molecule has 1 N–H and O–H groups in total. The second-order valence-corrected chi connectivity index (χ2v) is 7.32. The summed E-state index contributed by atoms with van der Waals surface area (Å²) in [6.07, 6.45) is 2.13. The number of anilines is 1. The fourth-order valence-electron chi connectivity index (χ4n) is 2.28. The summed E-state index contributed by atoms with van der Waals surface area (Å²) in [4.78, 5) is 23.8. The van der Waals surface area contributed by atoms with Crippen LogP contribution in [-0.2, 0) is 14.3 Å². The number of benzene rings is 1. The van der Waals surface area contributed by atoms with Gasteiger partial charge in [-0.3, -0.25) is 4.79 Å². The summed E-state index contributed by atoms with van der Waals surface area (Å²) in [6, 6.07) is 7.20. The minimum atomic E-state index is -0.439. The maximum absolute atomic E-state index is 12.5. The highest BCUT2D eigenvalue weighted by Gasteiger charge is 2.29. The van der Waals surface area contributed by atoms with Crippen molar-refractivity contribution >= 4 is 29.3 Å². The smallest absolute Gasteiger partial charge is 0.344 e. The van der Waals surface area contributed by atoms with Crippen molar-refractivity contribution in [2.24, 2.45) is 0 Å². The Hall–Kier alpha value is -2.62. The summed E-state index contributed by atoms with van der Waals surface area (Å²) in [5.74, 6) is -0.142. The minimum absolute atomic E-state index is 0.173. The van der Waals surface area contributed by atoms with E-state index in [1.807, 2.05) is 0 Å². The van der Waals surface area contributed by atoms with E-state index in [9.17, 15) is 9.59 Å². The summed E-state index contributed by atoms with van der Waals surface area (Å²) in [5, 5.41) is 14.8. The van der Waals surface area contributed by atoms with E-state index in [1.54, 1.807) is 42.8 Å². The van der Waals surface area contributed by atoms with Crippen molar-refractivity contribution in [1.29, 1.82) is 0 Å². The monoisotopic (exact) mass is 391 g/mol. The predicted octanol–water partition coefficient (Wildman–Crippen LogP) is 2.07. The Balaban J connectivity index is 1.54. The van der Waals surface area contributed by atoms with Gasteiger partial charge in [0.25, 0.3) is 0 Å². The first-order chi connectivity index (χ1) is 13.1. The van der Waals surface area contributed by atoms with Crippen molar-refractivity contribution < 1.29 is 19.1 Å². The van der Waals surface area contributed by atoms with E-state index in [0.29, 0.717) is 29.2 Å². The number of nitrogens with zero attached hydrogens (tertiary/aromatic N) is 4. The molecule has 1 amide bonds. The standard InChI is InChI=1S/C17H21N5O4S/c1-3-25-15(23)10-26-14-6-4-5-12(9-14)18-16(24)11(2)27-17-19-20-21-22(17)13-7-8-13/h4-6,9,11,13H,3,7-8,10H2,1-2H3,(H,18,24). The van der Waals surface area contributed by atoms with Crippen LogP contribution >= 0.6 is 11.8 Å². The normalized spacial score (nSPS) is 14.4. The fraction of sp³-hybridized carbons (Fsp3) is 0.471. The van der Waals surface area contributed by atoms with E-state index in [-0.39, 0.29) is 17.8 Å². The first kappa shape index (κ1) is 19.2. The highest BCUT2D eigenvalue weighted by Crippen LogP contribution is 2.37. The molecule has 1 aromatic carbocycles. The van der Waals surface area contributed by atoms with Gasteiger partial charge in [0, 0.05) is 11.8 Å². The molecular formula is C17H21N5O4S. The molecule has 1 aliphatic rings. The summed E-state index contributed by atoms with van der Waals surface area (Å²) in [6.45, 7) is 3.66. The number of carbonyl (C=O) groups is 2. The molecule has 1 saturated carbocycles. The van der Waals surface area contributed by atoms with Gasteiger partial charge in [-0.15, -0.1) is 5.10 Å². The first-order valence-corrected chi connectivity index (χ1v) is 9.58. The average Bonchev–Trinajstić information content (AvgIpc) is 3.40.